The van der Waals surface area contributed by atoms with Gasteiger partial charge < -0.3 is 40.2 Å². The Balaban J connectivity index is 0.000000150. The summed E-state index contributed by atoms with van der Waals surface area (Å²) in [6.45, 7) is 5.40. The maximum absolute atomic E-state index is 13.2. The number of nitrogens with one attached hydrogen (secondary N) is 2. The number of hydrogen-bond donors (Lipinski definition) is 5. The molecule has 3 fully saturated rings. The Hall–Kier alpha value is -9.85. The number of ether oxygens (including phenoxy) is 3. The number of sulfonamides is 1. The third kappa shape index (κ3) is 20.4. The van der Waals surface area contributed by atoms with Crippen molar-refractivity contribution in [2.24, 2.45) is 17.8 Å². The summed E-state index contributed by atoms with van der Waals surface area (Å²) in [5, 5.41) is 33.5. The first-order chi connectivity index (χ1) is 51.9. The number of fused-ring (bicyclic) bond motifs is 3. The van der Waals surface area contributed by atoms with E-state index in [4.69, 9.17) is 41.1 Å². The zero-order chi connectivity index (χ0) is 74.8. The van der Waals surface area contributed by atoms with Gasteiger partial charge in [0.15, 0.2) is 0 Å². The van der Waals surface area contributed by atoms with Crippen LogP contribution in [0.15, 0.2) is 182 Å². The van der Waals surface area contributed by atoms with Crippen molar-refractivity contribution >= 4 is 74.3 Å². The molecule has 3 heterocycles. The van der Waals surface area contributed by atoms with Crippen LogP contribution >= 0.6 is 11.6 Å². The second kappa shape index (κ2) is 36.6. The van der Waals surface area contributed by atoms with Gasteiger partial charge in [0.25, 0.3) is 0 Å². The van der Waals surface area contributed by atoms with Crippen LogP contribution in [0, 0.1) is 17.8 Å². The van der Waals surface area contributed by atoms with Crippen LogP contribution in [-0.4, -0.2) is 99.7 Å². The molecule has 14 rings (SSSR count). The molecule has 3 aliphatic carbocycles. The minimum atomic E-state index is -3.54. The van der Waals surface area contributed by atoms with Crippen molar-refractivity contribution in [3.05, 3.63) is 209 Å². The first-order valence-electron chi connectivity index (χ1n) is 38.1. The highest BCUT2D eigenvalue weighted by molar-refractivity contribution is 7.92. The van der Waals surface area contributed by atoms with Gasteiger partial charge in [0.1, 0.15) is 37.1 Å². The molecule has 3 saturated carbocycles. The molecule has 0 bridgehead atoms. The summed E-state index contributed by atoms with van der Waals surface area (Å²) >= 11 is 6.20. The largest absolute Gasteiger partial charge is 0.490 e. The number of rotatable bonds is 21. The summed E-state index contributed by atoms with van der Waals surface area (Å²) in [5.74, 6) is 2.27. The van der Waals surface area contributed by atoms with Gasteiger partial charge in [0.2, 0.25) is 10.0 Å². The predicted octanol–water partition coefficient (Wildman–Crippen LogP) is 19.6. The molecular weight excluding hydrogens is 1390 g/mol. The summed E-state index contributed by atoms with van der Waals surface area (Å²) in [6, 6.07) is 59.7. The molecule has 6 aliphatic rings. The van der Waals surface area contributed by atoms with Gasteiger partial charge in [-0.15, -0.1) is 0 Å². The number of para-hydroxylation sites is 1. The molecule has 8 aromatic rings. The zero-order valence-corrected chi connectivity index (χ0v) is 62.5. The second-order valence-corrected chi connectivity index (χ2v) is 31.5. The van der Waals surface area contributed by atoms with Crippen molar-refractivity contribution in [2.75, 3.05) is 65.4 Å². The standard InChI is InChI=1S/C29H29ClN2O4.C29H38N2O4.C29H31NO5S/c30-24-3-1-2-4-25(24)31-29(35)32-15-16-36-27-18-23(13-14-26(27)32)22-11-9-21(10-12-22)20-7-5-19(6-8-20)17-28(33)34;1-2-3-4-5-16-30-29(34)31-17-18-35-27-20-25(14-15-26(27)31)24-12-10-23(11-13-24)22-8-6-21(7-9-22)19-28(32)33;31-29(32)18-21-6-8-23(9-7-21)24-10-12-25(13-11-24)26-14-15-27-28(19-26)35-17-16-30(27)36(33,34)20-22-4-2-1-3-5-22/h1-4,9-14,18-20H,5-8,15-17H2,(H,31,35)(H,33,34);10-15,20-22H,2-9,16-19H2,1H3,(H,30,34)(H,32,33);1-5,10-15,19,21,23H,6-9,16-18,20H2,(H,31,32). The van der Waals surface area contributed by atoms with Crippen molar-refractivity contribution in [1.82, 2.24) is 5.32 Å². The van der Waals surface area contributed by atoms with E-state index in [9.17, 15) is 32.4 Å². The van der Waals surface area contributed by atoms with E-state index in [1.54, 1.807) is 21.9 Å². The molecule has 107 heavy (non-hydrogen) atoms. The minimum absolute atomic E-state index is 0.0469. The topological polar surface area (TPSA) is 242 Å². The number of urea groups is 2. The van der Waals surface area contributed by atoms with Crippen molar-refractivity contribution in [3.63, 3.8) is 0 Å². The molecule has 18 nitrogen and oxygen atoms in total. The van der Waals surface area contributed by atoms with E-state index in [0.29, 0.717) is 116 Å². The molecule has 0 spiro atoms. The maximum atomic E-state index is 13.2. The molecule has 20 heteroatoms. The predicted molar refractivity (Wildman–Crippen MR) is 422 cm³/mol. The third-order valence-corrected chi connectivity index (χ3v) is 24.0. The highest BCUT2D eigenvalue weighted by atomic mass is 35.5. The zero-order valence-electron chi connectivity index (χ0n) is 60.9. The van der Waals surface area contributed by atoms with Crippen LogP contribution in [0.4, 0.5) is 32.3 Å². The number of carbonyl (C=O) groups is 5. The number of carboxylic acids is 3. The lowest BCUT2D eigenvalue weighted by Crippen LogP contribution is -2.44. The number of anilines is 4. The molecule has 0 aromatic heterocycles. The molecule has 5 N–H and O–H groups in total. The van der Waals surface area contributed by atoms with E-state index >= 15 is 0 Å². The van der Waals surface area contributed by atoms with Gasteiger partial charge in [0.05, 0.1) is 53.2 Å². The highest BCUT2D eigenvalue weighted by Crippen LogP contribution is 2.44. The lowest BCUT2D eigenvalue weighted by Gasteiger charge is -2.31. The smallest absolute Gasteiger partial charge is 0.326 e. The van der Waals surface area contributed by atoms with Crippen LogP contribution in [-0.2, 0) is 30.2 Å². The number of carbonyl (C=O) groups excluding carboxylic acids is 2. The van der Waals surface area contributed by atoms with E-state index in [-0.39, 0.29) is 30.7 Å². The van der Waals surface area contributed by atoms with Gasteiger partial charge in [-0.05, 0) is 223 Å². The minimum Gasteiger partial charge on any atom is -0.490 e. The molecule has 8 aromatic carbocycles. The Bertz CT molecular complexity index is 4460. The monoisotopic (exact) mass is 1490 g/mol. The van der Waals surface area contributed by atoms with Gasteiger partial charge >= 0.3 is 30.0 Å². The van der Waals surface area contributed by atoms with E-state index in [2.05, 4.69) is 96.4 Å². The van der Waals surface area contributed by atoms with Crippen LogP contribution < -0.4 is 38.9 Å². The Morgan fingerprint density at radius 2 is 0.822 bits per heavy atom. The number of carboxylic acid groups (broad SMARTS) is 3. The fraction of sp³-hybridized carbons (Fsp3) is 0.391. The number of amides is 4. The molecule has 0 saturated heterocycles. The summed E-state index contributed by atoms with van der Waals surface area (Å²) in [6.07, 6.45) is 17.5. The Kier molecular flexibility index (Phi) is 26.3. The van der Waals surface area contributed by atoms with Gasteiger partial charge in [-0.3, -0.25) is 28.5 Å². The lowest BCUT2D eigenvalue weighted by atomic mass is 9.77. The molecular formula is C87H98ClN5O13S. The molecule has 0 radical (unpaired) electrons. The van der Waals surface area contributed by atoms with E-state index < -0.39 is 27.9 Å². The average molecular weight is 1490 g/mol. The van der Waals surface area contributed by atoms with Gasteiger partial charge in [-0.25, -0.2) is 18.0 Å². The number of benzene rings is 8. The first-order valence-corrected chi connectivity index (χ1v) is 40.1. The number of unbranched alkanes of at least 4 members (excludes halogenated alkanes) is 3. The fourth-order valence-electron chi connectivity index (χ4n) is 16.0. The number of hydrogen-bond acceptors (Lipinski definition) is 10. The van der Waals surface area contributed by atoms with Crippen molar-refractivity contribution in [1.29, 1.82) is 0 Å². The van der Waals surface area contributed by atoms with E-state index in [1.165, 1.54) is 33.8 Å². The Morgan fingerprint density at radius 1 is 0.439 bits per heavy atom. The summed E-state index contributed by atoms with van der Waals surface area (Å²) < 4.78 is 45.5. The Morgan fingerprint density at radius 3 is 1.24 bits per heavy atom. The van der Waals surface area contributed by atoms with Crippen molar-refractivity contribution < 1.29 is 61.9 Å². The average Bonchev–Trinajstić information content (AvgIpc) is 0.784. The normalized spacial score (nSPS) is 19.5. The molecule has 0 atom stereocenters. The quantitative estimate of drug-likeness (QED) is 0.0421. The third-order valence-electron chi connectivity index (χ3n) is 21.9. The number of aliphatic carboxylic acids is 3. The first kappa shape index (κ1) is 76.8. The summed E-state index contributed by atoms with van der Waals surface area (Å²) in [5.41, 5.74) is 13.7. The van der Waals surface area contributed by atoms with Crippen molar-refractivity contribution in [3.8, 4) is 50.6 Å². The van der Waals surface area contributed by atoms with Gasteiger partial charge in [-0.1, -0.05) is 171 Å². The SMILES string of the molecule is CCCCCCNC(=O)N1CCOc2cc(-c3ccc(C4CCC(CC(=O)O)CC4)cc3)ccc21.O=C(O)CC1CCC(c2ccc(-c3ccc4c(c3)OCCN4C(=O)Nc3ccccc3Cl)cc2)CC1.O=C(O)CC1CCC(c2ccc(-c3ccc4c(c3)OCCN4S(=O)(=O)Cc3ccccc3)cc2)CC1. The van der Waals surface area contributed by atoms with Crippen LogP contribution in [0.1, 0.15) is 169 Å². The maximum Gasteiger partial charge on any atom is 0.326 e. The summed E-state index contributed by atoms with van der Waals surface area (Å²) in [7, 11) is -3.54. The summed E-state index contributed by atoms with van der Waals surface area (Å²) in [4.78, 5) is 62.1. The van der Waals surface area contributed by atoms with E-state index in [1.807, 2.05) is 91.0 Å². The highest BCUT2D eigenvalue weighted by Gasteiger charge is 2.32. The van der Waals surface area contributed by atoms with Gasteiger partial charge in [0, 0.05) is 25.8 Å². The lowest BCUT2D eigenvalue weighted by molar-refractivity contribution is -0.139. The van der Waals surface area contributed by atoms with Crippen LogP contribution in [0.5, 0.6) is 17.2 Å². The van der Waals surface area contributed by atoms with Gasteiger partial charge in [-0.2, -0.15) is 0 Å². The van der Waals surface area contributed by atoms with Crippen molar-refractivity contribution in [2.45, 2.75) is 152 Å². The van der Waals surface area contributed by atoms with Crippen LogP contribution in [0.3, 0.4) is 0 Å². The van der Waals surface area contributed by atoms with Crippen LogP contribution in [0.25, 0.3) is 33.4 Å². The number of halogens is 1. The molecule has 4 amide bonds. The second-order valence-electron chi connectivity index (χ2n) is 29.2. The molecule has 0 unspecified atom stereocenters. The fourth-order valence-corrected chi connectivity index (χ4v) is 17.8. The van der Waals surface area contributed by atoms with E-state index in [0.717, 1.165) is 146 Å². The van der Waals surface area contributed by atoms with Crippen LogP contribution in [0.2, 0.25) is 5.02 Å². The molecule has 3 aliphatic heterocycles. The number of nitrogens with zero attached hydrogens (tertiary/aromatic N) is 3. The Labute approximate surface area is 633 Å². The molecule has 562 valence electrons.